The van der Waals surface area contributed by atoms with E-state index in [0.717, 1.165) is 32.1 Å². The molecule has 0 aromatic heterocycles. The zero-order valence-corrected chi connectivity index (χ0v) is 18.3. The summed E-state index contributed by atoms with van der Waals surface area (Å²) < 4.78 is 28.6. The number of hydrogen-bond donors (Lipinski definition) is 0. The Kier molecular flexibility index (Phi) is 11.3. The molecule has 1 aromatic carbocycles. The molecule has 1 atom stereocenters. The number of Topliss-reactive ketones (excluding diaryl/α,β-unsaturated/α-hetero) is 1. The maximum Gasteiger partial charge on any atom is 0.341 e. The van der Waals surface area contributed by atoms with Crippen LogP contribution < -0.4 is 4.74 Å². The van der Waals surface area contributed by atoms with Crippen LogP contribution in [0.3, 0.4) is 0 Å². The molecule has 0 saturated heterocycles. The smallest absolute Gasteiger partial charge is 0.341 e. The van der Waals surface area contributed by atoms with Gasteiger partial charge in [-0.1, -0.05) is 31.4 Å². The summed E-state index contributed by atoms with van der Waals surface area (Å²) in [6.45, 7) is 6.86. The largest absolute Gasteiger partial charge is 0.427 e. The predicted molar refractivity (Wildman–Crippen MR) is 110 cm³/mol. The van der Waals surface area contributed by atoms with Crippen molar-refractivity contribution in [2.45, 2.75) is 71.9 Å². The molecule has 0 amide bonds. The number of unbranched alkanes of at least 4 members (excludes halogenated alkanes) is 3. The minimum Gasteiger partial charge on any atom is -0.427 e. The second-order valence-corrected chi connectivity index (χ2v) is 8.91. The van der Waals surface area contributed by atoms with Gasteiger partial charge in [0.25, 0.3) is 0 Å². The molecular formula is C21H33O6P. The molecule has 7 heteroatoms. The lowest BCUT2D eigenvalue weighted by Crippen LogP contribution is -2.21. The van der Waals surface area contributed by atoms with Crippen molar-refractivity contribution in [3.05, 3.63) is 29.8 Å². The Balaban J connectivity index is 2.38. The van der Waals surface area contributed by atoms with E-state index in [1.165, 1.54) is 19.4 Å². The van der Waals surface area contributed by atoms with E-state index in [-0.39, 0.29) is 25.0 Å². The molecule has 0 fully saturated rings. The van der Waals surface area contributed by atoms with Crippen LogP contribution in [0.15, 0.2) is 24.3 Å². The summed E-state index contributed by atoms with van der Waals surface area (Å²) in [5.74, 6) is 0.0903. The quantitative estimate of drug-likeness (QED) is 0.178. The lowest BCUT2D eigenvalue weighted by atomic mass is 10.0. The highest BCUT2D eigenvalue weighted by molar-refractivity contribution is 7.55. The highest BCUT2D eigenvalue weighted by atomic mass is 31.2. The molecule has 6 nitrogen and oxygen atoms in total. The summed E-state index contributed by atoms with van der Waals surface area (Å²) in [7, 11) is -3.39. The third-order valence-corrected chi connectivity index (χ3v) is 6.97. The molecule has 1 aromatic rings. The van der Waals surface area contributed by atoms with Crippen molar-refractivity contribution in [3.8, 4) is 5.75 Å². The van der Waals surface area contributed by atoms with Crippen LogP contribution in [0.5, 0.6) is 5.75 Å². The van der Waals surface area contributed by atoms with Gasteiger partial charge in [-0.25, -0.2) is 0 Å². The maximum atomic E-state index is 12.9. The van der Waals surface area contributed by atoms with Gasteiger partial charge in [-0.2, -0.15) is 0 Å². The number of benzene rings is 1. The van der Waals surface area contributed by atoms with Crippen molar-refractivity contribution >= 4 is 19.3 Å². The predicted octanol–water partition coefficient (Wildman–Crippen LogP) is 5.33. The molecule has 0 saturated carbocycles. The standard InChI is InChI=1S/C21H33O6P/c1-5-25-28(24,26-6-2)21(17(3)22)12-10-8-7-9-11-19-13-15-20(16-14-19)27-18(4)23/h13-16,21H,5-12H2,1-4H3. The van der Waals surface area contributed by atoms with Crippen molar-refractivity contribution in [3.63, 3.8) is 0 Å². The number of hydrogen-bond acceptors (Lipinski definition) is 6. The van der Waals surface area contributed by atoms with Crippen molar-refractivity contribution in [2.75, 3.05) is 13.2 Å². The van der Waals surface area contributed by atoms with Crippen molar-refractivity contribution in [1.29, 1.82) is 0 Å². The van der Waals surface area contributed by atoms with Gasteiger partial charge in [-0.05, 0) is 57.7 Å². The molecule has 0 N–H and O–H groups in total. The number of esters is 1. The van der Waals surface area contributed by atoms with E-state index in [9.17, 15) is 14.2 Å². The van der Waals surface area contributed by atoms with Crippen molar-refractivity contribution < 1.29 is 27.9 Å². The minimum atomic E-state index is -3.39. The van der Waals surface area contributed by atoms with Gasteiger partial charge in [-0.3, -0.25) is 14.2 Å². The average Bonchev–Trinajstić information content (AvgIpc) is 2.61. The topological polar surface area (TPSA) is 78.9 Å². The summed E-state index contributed by atoms with van der Waals surface area (Å²) in [5.41, 5.74) is 0.510. The van der Waals surface area contributed by atoms with Gasteiger partial charge in [0.2, 0.25) is 0 Å². The van der Waals surface area contributed by atoms with Gasteiger partial charge >= 0.3 is 13.6 Å². The number of carbonyl (C=O) groups is 2. The zero-order valence-electron chi connectivity index (χ0n) is 17.4. The third-order valence-electron chi connectivity index (χ3n) is 4.35. The van der Waals surface area contributed by atoms with Crippen LogP contribution >= 0.6 is 7.60 Å². The molecule has 0 heterocycles. The number of ether oxygens (including phenoxy) is 1. The summed E-state index contributed by atoms with van der Waals surface area (Å²) >= 11 is 0. The van der Waals surface area contributed by atoms with Crippen LogP contribution in [-0.2, 0) is 29.6 Å². The van der Waals surface area contributed by atoms with Gasteiger partial charge in [-0.15, -0.1) is 0 Å². The van der Waals surface area contributed by atoms with Gasteiger partial charge in [0, 0.05) is 6.92 Å². The molecular weight excluding hydrogens is 379 g/mol. The summed E-state index contributed by atoms with van der Waals surface area (Å²) in [5, 5.41) is 0. The molecule has 28 heavy (non-hydrogen) atoms. The molecule has 0 radical (unpaired) electrons. The number of ketones is 1. The van der Waals surface area contributed by atoms with E-state index < -0.39 is 13.3 Å². The zero-order chi connectivity index (χ0) is 21.0. The van der Waals surface area contributed by atoms with Crippen LogP contribution in [0.1, 0.15) is 65.4 Å². The molecule has 0 bridgehead atoms. The fourth-order valence-corrected chi connectivity index (χ4v) is 5.17. The Morgan fingerprint density at radius 2 is 1.50 bits per heavy atom. The Morgan fingerprint density at radius 1 is 0.929 bits per heavy atom. The highest BCUT2D eigenvalue weighted by Crippen LogP contribution is 2.54. The van der Waals surface area contributed by atoms with Crippen LogP contribution in [0.4, 0.5) is 0 Å². The summed E-state index contributed by atoms with van der Waals surface area (Å²) in [4.78, 5) is 22.9. The monoisotopic (exact) mass is 412 g/mol. The normalized spacial score (nSPS) is 12.6. The molecule has 0 aliphatic rings. The van der Waals surface area contributed by atoms with Crippen molar-refractivity contribution in [1.82, 2.24) is 0 Å². The van der Waals surface area contributed by atoms with E-state index in [1.807, 2.05) is 12.1 Å². The number of aryl methyl sites for hydroxylation is 1. The molecule has 1 unspecified atom stereocenters. The molecule has 1 rings (SSSR count). The molecule has 158 valence electrons. The van der Waals surface area contributed by atoms with E-state index in [4.69, 9.17) is 13.8 Å². The molecule has 0 spiro atoms. The van der Waals surface area contributed by atoms with Gasteiger partial charge in [0.05, 0.1) is 13.2 Å². The number of carbonyl (C=O) groups excluding carboxylic acids is 2. The summed E-state index contributed by atoms with van der Waals surface area (Å²) in [6.07, 6.45) is 5.25. The first-order chi connectivity index (χ1) is 13.3. The van der Waals surface area contributed by atoms with Gasteiger partial charge in [0.1, 0.15) is 17.2 Å². The molecule has 0 aliphatic heterocycles. The van der Waals surface area contributed by atoms with Crippen LogP contribution in [-0.4, -0.2) is 30.6 Å². The lowest BCUT2D eigenvalue weighted by Gasteiger charge is -2.24. The Bertz CT molecular complexity index is 645. The Labute approximate surface area is 168 Å². The van der Waals surface area contributed by atoms with Gasteiger partial charge < -0.3 is 13.8 Å². The number of rotatable bonds is 14. The van der Waals surface area contributed by atoms with E-state index in [2.05, 4.69) is 0 Å². The highest BCUT2D eigenvalue weighted by Gasteiger charge is 2.38. The Morgan fingerprint density at radius 3 is 2.00 bits per heavy atom. The van der Waals surface area contributed by atoms with Crippen molar-refractivity contribution in [2.24, 2.45) is 0 Å². The third kappa shape index (κ3) is 8.68. The fourth-order valence-electron chi connectivity index (χ4n) is 3.07. The fraction of sp³-hybridized carbons (Fsp3) is 0.619. The molecule has 0 aliphatic carbocycles. The average molecular weight is 412 g/mol. The van der Waals surface area contributed by atoms with Crippen LogP contribution in [0, 0.1) is 0 Å². The first kappa shape index (κ1) is 24.5. The second-order valence-electron chi connectivity index (χ2n) is 6.69. The van der Waals surface area contributed by atoms with E-state index in [0.29, 0.717) is 12.2 Å². The summed E-state index contributed by atoms with van der Waals surface area (Å²) in [6, 6.07) is 7.52. The van der Waals surface area contributed by atoms with Crippen LogP contribution in [0.25, 0.3) is 0 Å². The van der Waals surface area contributed by atoms with Gasteiger partial charge in [0.15, 0.2) is 0 Å². The van der Waals surface area contributed by atoms with E-state index >= 15 is 0 Å². The second kappa shape index (κ2) is 12.9. The first-order valence-corrected chi connectivity index (χ1v) is 11.6. The van der Waals surface area contributed by atoms with Crippen LogP contribution in [0.2, 0.25) is 0 Å². The SMILES string of the molecule is CCOP(=O)(OCC)C(CCCCCCc1ccc(OC(C)=O)cc1)C(C)=O. The minimum absolute atomic E-state index is 0.141. The Hall–Kier alpha value is -1.49. The first-order valence-electron chi connectivity index (χ1n) is 9.99. The maximum absolute atomic E-state index is 12.9. The lowest BCUT2D eigenvalue weighted by molar-refractivity contribution is -0.131. The van der Waals surface area contributed by atoms with E-state index in [1.54, 1.807) is 26.0 Å².